The first kappa shape index (κ1) is 28.7. The molecule has 12 heteroatoms. The molecule has 0 aromatic carbocycles. The van der Waals surface area contributed by atoms with Gasteiger partial charge in [0.25, 0.3) is 0 Å². The van der Waals surface area contributed by atoms with Crippen LogP contribution in [0.1, 0.15) is 20.8 Å². The molecule has 1 aliphatic heterocycles. The first-order chi connectivity index (χ1) is 14.6. The Balaban J connectivity index is 0.00000436. The Morgan fingerprint density at radius 1 is 0.613 bits per heavy atom. The topological polar surface area (TPSA) is 162 Å². The fourth-order valence-corrected chi connectivity index (χ4v) is 3.30. The van der Waals surface area contributed by atoms with Gasteiger partial charge < -0.3 is 20.4 Å². The Kier molecular flexibility index (Phi) is 14.4. The normalized spacial score (nSPS) is 20.5. The van der Waals surface area contributed by atoms with E-state index in [1.54, 1.807) is 26.5 Å². The van der Waals surface area contributed by atoms with Crippen molar-refractivity contribution in [3.05, 3.63) is 0 Å². The summed E-state index contributed by atoms with van der Waals surface area (Å²) in [5, 5.41) is 36.6. The molecule has 0 aliphatic carbocycles. The number of carboxylic acid groups (broad SMARTS) is 4. The molecule has 0 amide bonds. The van der Waals surface area contributed by atoms with Crippen molar-refractivity contribution in [1.82, 2.24) is 19.6 Å². The van der Waals surface area contributed by atoms with Crippen LogP contribution in [0.25, 0.3) is 0 Å². The summed E-state index contributed by atoms with van der Waals surface area (Å²) < 4.78 is 0. The van der Waals surface area contributed by atoms with Gasteiger partial charge in [-0.25, -0.2) is 0 Å². The van der Waals surface area contributed by atoms with Gasteiger partial charge in [0.15, 0.2) is 0 Å². The fraction of sp³-hybridized carbons (Fsp3) is 0.789. The first-order valence-electron chi connectivity index (χ1n) is 10.3. The van der Waals surface area contributed by atoms with Gasteiger partial charge in [-0.05, 0) is 6.92 Å². The van der Waals surface area contributed by atoms with Gasteiger partial charge in [0.2, 0.25) is 0 Å². The van der Waals surface area contributed by atoms with Gasteiger partial charge >= 0.3 is 23.9 Å². The minimum absolute atomic E-state index is 0.234. The van der Waals surface area contributed by atoms with Crippen molar-refractivity contribution in [2.45, 2.75) is 26.8 Å². The molecule has 0 bridgehead atoms. The summed E-state index contributed by atoms with van der Waals surface area (Å²) >= 11 is 0. The van der Waals surface area contributed by atoms with Crippen LogP contribution in [0.2, 0.25) is 0 Å². The predicted molar refractivity (Wildman–Crippen MR) is 112 cm³/mol. The molecule has 0 aromatic rings. The molecule has 0 saturated carbocycles. The highest BCUT2D eigenvalue weighted by molar-refractivity contribution is 5.70. The molecule has 4 N–H and O–H groups in total. The fourth-order valence-electron chi connectivity index (χ4n) is 3.30. The lowest BCUT2D eigenvalue weighted by molar-refractivity contribution is -0.142. The smallest absolute Gasteiger partial charge is 0.317 e. The maximum absolute atomic E-state index is 11.2. The summed E-state index contributed by atoms with van der Waals surface area (Å²) in [6.07, 6.45) is 0. The van der Waals surface area contributed by atoms with Crippen LogP contribution in [0.15, 0.2) is 0 Å². The van der Waals surface area contributed by atoms with Crippen molar-refractivity contribution < 1.29 is 39.6 Å². The Morgan fingerprint density at radius 3 is 1.32 bits per heavy atom. The van der Waals surface area contributed by atoms with Crippen LogP contribution in [0, 0.1) is 0 Å². The molecule has 1 aliphatic rings. The second-order valence-corrected chi connectivity index (χ2v) is 7.18. The third-order valence-corrected chi connectivity index (χ3v) is 4.73. The SMILES string of the molecule is CC.CC1CN(CC(=O)O)CCN(CC(=O)O)CCN(CC(=O)O)CCN1CC(=O)O. The van der Waals surface area contributed by atoms with Gasteiger partial charge in [0, 0.05) is 51.9 Å². The van der Waals surface area contributed by atoms with Crippen molar-refractivity contribution in [3.63, 3.8) is 0 Å². The molecule has 1 heterocycles. The van der Waals surface area contributed by atoms with Crippen LogP contribution in [-0.4, -0.2) is 142 Å². The van der Waals surface area contributed by atoms with Crippen LogP contribution in [-0.2, 0) is 19.2 Å². The van der Waals surface area contributed by atoms with Crippen molar-refractivity contribution in [1.29, 1.82) is 0 Å². The summed E-state index contributed by atoms with van der Waals surface area (Å²) in [5.74, 6) is -4.09. The molecule has 180 valence electrons. The number of carboxylic acids is 4. The van der Waals surface area contributed by atoms with Crippen LogP contribution >= 0.6 is 0 Å². The van der Waals surface area contributed by atoms with E-state index in [9.17, 15) is 24.3 Å². The zero-order valence-corrected chi connectivity index (χ0v) is 18.6. The summed E-state index contributed by atoms with van der Waals surface area (Å²) in [7, 11) is 0. The van der Waals surface area contributed by atoms with Gasteiger partial charge in [-0.1, -0.05) is 13.8 Å². The lowest BCUT2D eigenvalue weighted by atomic mass is 10.2. The zero-order chi connectivity index (χ0) is 24.0. The molecule has 0 aromatic heterocycles. The van der Waals surface area contributed by atoms with Crippen molar-refractivity contribution in [2.75, 3.05) is 72.0 Å². The van der Waals surface area contributed by atoms with Gasteiger partial charge in [0.1, 0.15) is 0 Å². The average molecular weight is 449 g/mol. The molecule has 31 heavy (non-hydrogen) atoms. The van der Waals surface area contributed by atoms with Crippen LogP contribution in [0.3, 0.4) is 0 Å². The molecule has 1 atom stereocenters. The largest absolute Gasteiger partial charge is 0.480 e. The molecular weight excluding hydrogens is 412 g/mol. The van der Waals surface area contributed by atoms with Gasteiger partial charge in [-0.15, -0.1) is 0 Å². The number of hydrogen-bond donors (Lipinski definition) is 4. The lowest BCUT2D eigenvalue weighted by Crippen LogP contribution is -2.52. The van der Waals surface area contributed by atoms with E-state index in [4.69, 9.17) is 15.3 Å². The number of nitrogens with zero attached hydrogens (tertiary/aromatic N) is 4. The maximum Gasteiger partial charge on any atom is 0.317 e. The Labute approximate surface area is 182 Å². The molecular formula is C19H36N4O8. The summed E-state index contributed by atoms with van der Waals surface area (Å²) in [6, 6.07) is -0.288. The summed E-state index contributed by atoms with van der Waals surface area (Å²) in [6.45, 7) is 6.91. The van der Waals surface area contributed by atoms with E-state index in [1.165, 1.54) is 0 Å². The van der Waals surface area contributed by atoms with Crippen molar-refractivity contribution in [3.8, 4) is 0 Å². The minimum atomic E-state index is -1.02. The molecule has 0 radical (unpaired) electrons. The molecule has 12 nitrogen and oxygen atoms in total. The van der Waals surface area contributed by atoms with Gasteiger partial charge in [-0.2, -0.15) is 0 Å². The molecule has 1 rings (SSSR count). The van der Waals surface area contributed by atoms with Crippen molar-refractivity contribution in [2.24, 2.45) is 0 Å². The van der Waals surface area contributed by atoms with Crippen LogP contribution in [0.4, 0.5) is 0 Å². The number of carbonyl (C=O) groups is 4. The highest BCUT2D eigenvalue weighted by atomic mass is 16.4. The van der Waals surface area contributed by atoms with E-state index in [2.05, 4.69) is 0 Å². The predicted octanol–water partition coefficient (Wildman–Crippen LogP) is -1.04. The third-order valence-electron chi connectivity index (χ3n) is 4.73. The third kappa shape index (κ3) is 13.6. The van der Waals surface area contributed by atoms with Gasteiger partial charge in [-0.3, -0.25) is 38.8 Å². The summed E-state index contributed by atoms with van der Waals surface area (Å²) in [4.78, 5) is 51.4. The lowest BCUT2D eigenvalue weighted by Gasteiger charge is -2.36. The Bertz CT molecular complexity index is 589. The van der Waals surface area contributed by atoms with E-state index in [0.717, 1.165) is 0 Å². The van der Waals surface area contributed by atoms with E-state index in [-0.39, 0.29) is 32.2 Å². The molecule has 1 unspecified atom stereocenters. The minimum Gasteiger partial charge on any atom is -0.480 e. The van der Waals surface area contributed by atoms with E-state index >= 15 is 0 Å². The Hall–Kier alpha value is -2.28. The molecule has 1 fully saturated rings. The van der Waals surface area contributed by atoms with Crippen molar-refractivity contribution >= 4 is 23.9 Å². The standard InChI is InChI=1S/C17H30N4O8.C2H6/c1-13-8-20(11-16(26)27)5-4-18(9-14(22)23)2-3-19(10-15(24)25)6-7-21(13)12-17(28)29;1-2/h13H,2-12H2,1H3,(H,22,23)(H,24,25)(H,26,27)(H,28,29);1-2H3. The average Bonchev–Trinajstić information content (AvgIpc) is 2.65. The molecule has 1 saturated heterocycles. The van der Waals surface area contributed by atoms with Crippen LogP contribution in [0.5, 0.6) is 0 Å². The van der Waals surface area contributed by atoms with E-state index < -0.39 is 23.9 Å². The van der Waals surface area contributed by atoms with Gasteiger partial charge in [0.05, 0.1) is 26.2 Å². The monoisotopic (exact) mass is 448 g/mol. The highest BCUT2D eigenvalue weighted by Crippen LogP contribution is 2.06. The summed E-state index contributed by atoms with van der Waals surface area (Å²) in [5.41, 5.74) is 0. The second kappa shape index (κ2) is 15.5. The Morgan fingerprint density at radius 2 is 0.935 bits per heavy atom. The molecule has 0 spiro atoms. The number of rotatable bonds is 8. The number of hydrogen-bond acceptors (Lipinski definition) is 8. The highest BCUT2D eigenvalue weighted by Gasteiger charge is 2.24. The maximum atomic E-state index is 11.2. The number of aliphatic carboxylic acids is 4. The quantitative estimate of drug-likeness (QED) is 0.357. The first-order valence-corrected chi connectivity index (χ1v) is 10.3. The van der Waals surface area contributed by atoms with E-state index in [1.807, 2.05) is 13.8 Å². The second-order valence-electron chi connectivity index (χ2n) is 7.18. The zero-order valence-electron chi connectivity index (χ0n) is 18.6. The van der Waals surface area contributed by atoms with E-state index in [0.29, 0.717) is 45.8 Å². The van der Waals surface area contributed by atoms with Crippen LogP contribution < -0.4 is 0 Å².